The highest BCUT2D eigenvalue weighted by molar-refractivity contribution is 5.05. The Balaban J connectivity index is 3.25. The fourth-order valence-electron chi connectivity index (χ4n) is 1.46. The number of nitriles is 1. The highest BCUT2D eigenvalue weighted by Crippen LogP contribution is 2.21. The quantitative estimate of drug-likeness (QED) is 0.758. The molecule has 4 heteroatoms. The van der Waals surface area contributed by atoms with E-state index in [1.54, 1.807) is 12.4 Å². The van der Waals surface area contributed by atoms with Gasteiger partial charge in [0.15, 0.2) is 0 Å². The van der Waals surface area contributed by atoms with Gasteiger partial charge in [-0.25, -0.2) is 4.79 Å². The number of H-pyrrole nitrogens is 1. The lowest BCUT2D eigenvalue weighted by atomic mass is 9.95. The molecule has 0 aromatic carbocycles. The van der Waals surface area contributed by atoms with Crippen molar-refractivity contribution in [1.29, 1.82) is 5.26 Å². The van der Waals surface area contributed by atoms with Crippen LogP contribution in [0.15, 0.2) is 17.2 Å². The molecular formula is C9H13N3O. The third kappa shape index (κ3) is 1.37. The van der Waals surface area contributed by atoms with Crippen LogP contribution >= 0.6 is 0 Å². The van der Waals surface area contributed by atoms with Crippen molar-refractivity contribution in [3.8, 4) is 6.07 Å². The minimum Gasteiger partial charge on any atom is -0.313 e. The van der Waals surface area contributed by atoms with Gasteiger partial charge in [0, 0.05) is 12.4 Å². The molecule has 0 bridgehead atoms. The first kappa shape index (κ1) is 9.59. The lowest BCUT2D eigenvalue weighted by Crippen LogP contribution is -2.37. The average Bonchev–Trinajstić information content (AvgIpc) is 2.57. The number of aromatic nitrogens is 2. The second kappa shape index (κ2) is 3.48. The van der Waals surface area contributed by atoms with Crippen molar-refractivity contribution in [2.24, 2.45) is 0 Å². The van der Waals surface area contributed by atoms with E-state index in [0.717, 1.165) is 0 Å². The summed E-state index contributed by atoms with van der Waals surface area (Å²) in [5.74, 6) is 0. The molecule has 1 N–H and O–H groups in total. The smallest absolute Gasteiger partial charge is 0.313 e. The molecule has 1 heterocycles. The van der Waals surface area contributed by atoms with Gasteiger partial charge in [-0.05, 0) is 12.8 Å². The maximum absolute atomic E-state index is 11.3. The number of nitrogens with one attached hydrogen (secondary N) is 1. The van der Waals surface area contributed by atoms with Crippen molar-refractivity contribution in [2.75, 3.05) is 0 Å². The number of hydrogen-bond acceptors (Lipinski definition) is 2. The van der Waals surface area contributed by atoms with Crippen LogP contribution in [0.2, 0.25) is 0 Å². The summed E-state index contributed by atoms with van der Waals surface area (Å²) in [4.78, 5) is 13.8. The van der Waals surface area contributed by atoms with E-state index in [9.17, 15) is 4.79 Å². The Hall–Kier alpha value is -1.50. The highest BCUT2D eigenvalue weighted by Gasteiger charge is 2.28. The van der Waals surface area contributed by atoms with Gasteiger partial charge in [0.05, 0.1) is 6.07 Å². The van der Waals surface area contributed by atoms with Crippen LogP contribution in [0, 0.1) is 11.3 Å². The zero-order valence-corrected chi connectivity index (χ0v) is 7.87. The third-order valence-corrected chi connectivity index (χ3v) is 2.49. The topological polar surface area (TPSA) is 61.6 Å². The van der Waals surface area contributed by atoms with Crippen LogP contribution in [-0.4, -0.2) is 9.55 Å². The van der Waals surface area contributed by atoms with Crippen LogP contribution < -0.4 is 5.69 Å². The van der Waals surface area contributed by atoms with Gasteiger partial charge in [0.2, 0.25) is 0 Å². The van der Waals surface area contributed by atoms with E-state index in [4.69, 9.17) is 5.26 Å². The molecule has 0 radical (unpaired) electrons. The Morgan fingerprint density at radius 1 is 1.62 bits per heavy atom. The lowest BCUT2D eigenvalue weighted by molar-refractivity contribution is 0.346. The molecule has 0 fully saturated rings. The highest BCUT2D eigenvalue weighted by atomic mass is 16.1. The first-order valence-corrected chi connectivity index (χ1v) is 4.38. The van der Waals surface area contributed by atoms with Crippen LogP contribution in [0.5, 0.6) is 0 Å². The summed E-state index contributed by atoms with van der Waals surface area (Å²) in [5, 5.41) is 9.05. The van der Waals surface area contributed by atoms with Crippen molar-refractivity contribution < 1.29 is 0 Å². The van der Waals surface area contributed by atoms with Crippen molar-refractivity contribution in [2.45, 2.75) is 32.2 Å². The van der Waals surface area contributed by atoms with E-state index in [1.165, 1.54) is 4.57 Å². The van der Waals surface area contributed by atoms with Gasteiger partial charge >= 0.3 is 5.69 Å². The first-order valence-electron chi connectivity index (χ1n) is 4.38. The molecule has 0 aliphatic rings. The van der Waals surface area contributed by atoms with Gasteiger partial charge in [-0.1, -0.05) is 13.8 Å². The largest absolute Gasteiger partial charge is 0.326 e. The lowest BCUT2D eigenvalue weighted by Gasteiger charge is -2.23. The van der Waals surface area contributed by atoms with Gasteiger partial charge in [-0.2, -0.15) is 5.26 Å². The molecule has 1 aromatic heterocycles. The van der Waals surface area contributed by atoms with E-state index >= 15 is 0 Å². The first-order chi connectivity index (χ1) is 6.20. The number of imidazole rings is 1. The van der Waals surface area contributed by atoms with Crippen LogP contribution in [-0.2, 0) is 5.54 Å². The van der Waals surface area contributed by atoms with Crippen LogP contribution in [0.1, 0.15) is 26.7 Å². The zero-order chi connectivity index (χ0) is 9.90. The maximum atomic E-state index is 11.3. The SMILES string of the molecule is CCC(C#N)(CC)n1cc[nH]c1=O. The number of rotatable bonds is 3. The van der Waals surface area contributed by atoms with Crippen LogP contribution in [0.3, 0.4) is 0 Å². The Bertz CT molecular complexity index is 365. The molecule has 4 nitrogen and oxygen atoms in total. The molecule has 0 spiro atoms. The van der Waals surface area contributed by atoms with E-state index in [1.807, 2.05) is 13.8 Å². The van der Waals surface area contributed by atoms with E-state index < -0.39 is 5.54 Å². The summed E-state index contributed by atoms with van der Waals surface area (Å²) in [6, 6.07) is 2.20. The second-order valence-corrected chi connectivity index (χ2v) is 2.99. The summed E-state index contributed by atoms with van der Waals surface area (Å²) >= 11 is 0. The molecule has 0 aliphatic carbocycles. The predicted octanol–water partition coefficient (Wildman–Crippen LogP) is 1.22. The normalized spacial score (nSPS) is 11.2. The number of nitrogens with zero attached hydrogens (tertiary/aromatic N) is 2. The molecule has 0 unspecified atom stereocenters. The molecule has 70 valence electrons. The number of aromatic amines is 1. The molecule has 0 aliphatic heterocycles. The van der Waals surface area contributed by atoms with Crippen molar-refractivity contribution in [3.05, 3.63) is 22.9 Å². The van der Waals surface area contributed by atoms with Crippen molar-refractivity contribution in [3.63, 3.8) is 0 Å². The van der Waals surface area contributed by atoms with E-state index in [-0.39, 0.29) is 5.69 Å². The van der Waals surface area contributed by atoms with Crippen molar-refractivity contribution in [1.82, 2.24) is 9.55 Å². The summed E-state index contributed by atoms with van der Waals surface area (Å²) in [6.07, 6.45) is 4.45. The summed E-state index contributed by atoms with van der Waals surface area (Å²) in [5.41, 5.74) is -0.901. The van der Waals surface area contributed by atoms with Gasteiger partial charge in [-0.15, -0.1) is 0 Å². The van der Waals surface area contributed by atoms with Gasteiger partial charge in [0.1, 0.15) is 5.54 Å². The Labute approximate surface area is 76.8 Å². The van der Waals surface area contributed by atoms with Gasteiger partial charge in [0.25, 0.3) is 0 Å². The summed E-state index contributed by atoms with van der Waals surface area (Å²) in [6.45, 7) is 3.82. The minimum absolute atomic E-state index is 0.217. The second-order valence-electron chi connectivity index (χ2n) is 2.99. The summed E-state index contributed by atoms with van der Waals surface area (Å²) < 4.78 is 1.47. The fourth-order valence-corrected chi connectivity index (χ4v) is 1.46. The molecule has 0 saturated heterocycles. The zero-order valence-electron chi connectivity index (χ0n) is 7.87. The van der Waals surface area contributed by atoms with Crippen molar-refractivity contribution >= 4 is 0 Å². The number of hydrogen-bond donors (Lipinski definition) is 1. The molecule has 13 heavy (non-hydrogen) atoms. The Kier molecular flexibility index (Phi) is 2.57. The van der Waals surface area contributed by atoms with E-state index in [0.29, 0.717) is 12.8 Å². The molecule has 0 atom stereocenters. The average molecular weight is 179 g/mol. The van der Waals surface area contributed by atoms with E-state index in [2.05, 4.69) is 11.1 Å². The molecule has 1 aromatic rings. The molecule has 0 amide bonds. The Morgan fingerprint density at radius 2 is 2.23 bits per heavy atom. The Morgan fingerprint density at radius 3 is 2.54 bits per heavy atom. The van der Waals surface area contributed by atoms with Gasteiger partial charge < -0.3 is 4.98 Å². The molecular weight excluding hydrogens is 166 g/mol. The third-order valence-electron chi connectivity index (χ3n) is 2.49. The summed E-state index contributed by atoms with van der Waals surface area (Å²) in [7, 11) is 0. The predicted molar refractivity (Wildman–Crippen MR) is 49.2 cm³/mol. The fraction of sp³-hybridized carbons (Fsp3) is 0.556. The van der Waals surface area contributed by atoms with Gasteiger partial charge in [-0.3, -0.25) is 4.57 Å². The molecule has 1 rings (SSSR count). The minimum atomic E-state index is -0.683. The molecule has 0 saturated carbocycles. The standard InChI is InChI=1S/C9H13N3O/c1-3-9(4-2,7-10)12-6-5-11-8(12)13/h5-6H,3-4H2,1-2H3,(H,11,13). The monoisotopic (exact) mass is 179 g/mol. The van der Waals surface area contributed by atoms with Crippen LogP contribution in [0.25, 0.3) is 0 Å². The maximum Gasteiger partial charge on any atom is 0.326 e. The van der Waals surface area contributed by atoms with Crippen LogP contribution in [0.4, 0.5) is 0 Å².